The molecule has 19 heavy (non-hydrogen) atoms. The van der Waals surface area contributed by atoms with Gasteiger partial charge in [-0.05, 0) is 35.7 Å². The molecular formula is C13H9N3O2S. The first kappa shape index (κ1) is 11.6. The van der Waals surface area contributed by atoms with E-state index < -0.39 is 0 Å². The van der Waals surface area contributed by atoms with E-state index in [2.05, 4.69) is 10.3 Å². The Morgan fingerprint density at radius 2 is 2.00 bits per heavy atom. The molecule has 0 saturated heterocycles. The van der Waals surface area contributed by atoms with Crippen LogP contribution in [0.15, 0.2) is 41.8 Å². The molecular weight excluding hydrogens is 262 g/mol. The third kappa shape index (κ3) is 2.02. The SMILES string of the molecule is O=Cc1nnn(-c2ccc(O)cc2)c1-c1cccs1. The van der Waals surface area contributed by atoms with Crippen LogP contribution in [0, 0.1) is 0 Å². The Labute approximate surface area is 112 Å². The van der Waals surface area contributed by atoms with Crippen LogP contribution in [0.4, 0.5) is 0 Å². The smallest absolute Gasteiger partial charge is 0.172 e. The molecule has 1 aromatic carbocycles. The maximum atomic E-state index is 11.1. The lowest BCUT2D eigenvalue weighted by molar-refractivity contribution is 0.111. The second-order valence-corrected chi connectivity index (χ2v) is 4.79. The molecule has 3 aromatic rings. The van der Waals surface area contributed by atoms with Crippen LogP contribution in [0.3, 0.4) is 0 Å². The molecule has 0 unspecified atom stereocenters. The van der Waals surface area contributed by atoms with Crippen LogP contribution in [0.25, 0.3) is 16.3 Å². The van der Waals surface area contributed by atoms with Crippen LogP contribution in [-0.2, 0) is 0 Å². The first-order valence-corrected chi connectivity index (χ1v) is 6.41. The van der Waals surface area contributed by atoms with Crippen molar-refractivity contribution in [2.24, 2.45) is 0 Å². The zero-order chi connectivity index (χ0) is 13.2. The van der Waals surface area contributed by atoms with Crippen molar-refractivity contribution < 1.29 is 9.90 Å². The number of thiophene rings is 1. The highest BCUT2D eigenvalue weighted by Gasteiger charge is 2.16. The van der Waals surface area contributed by atoms with Crippen LogP contribution < -0.4 is 0 Å². The number of phenols is 1. The molecule has 0 bridgehead atoms. The number of carbonyl (C=O) groups excluding carboxylic acids is 1. The molecule has 2 heterocycles. The second-order valence-electron chi connectivity index (χ2n) is 3.85. The van der Waals surface area contributed by atoms with Crippen molar-refractivity contribution in [1.82, 2.24) is 15.0 Å². The number of aromatic nitrogens is 3. The summed E-state index contributed by atoms with van der Waals surface area (Å²) in [6.45, 7) is 0. The minimum atomic E-state index is 0.178. The first-order valence-electron chi connectivity index (χ1n) is 5.54. The average Bonchev–Trinajstić information content (AvgIpc) is 3.07. The summed E-state index contributed by atoms with van der Waals surface area (Å²) in [7, 11) is 0. The van der Waals surface area contributed by atoms with E-state index in [0.717, 1.165) is 10.6 Å². The van der Waals surface area contributed by atoms with Crippen molar-refractivity contribution in [3.05, 3.63) is 47.5 Å². The van der Waals surface area contributed by atoms with E-state index in [1.54, 1.807) is 28.9 Å². The molecule has 5 nitrogen and oxygen atoms in total. The summed E-state index contributed by atoms with van der Waals surface area (Å²) >= 11 is 1.51. The molecule has 0 aliphatic heterocycles. The Bertz CT molecular complexity index is 702. The highest BCUT2D eigenvalue weighted by Crippen LogP contribution is 2.28. The summed E-state index contributed by atoms with van der Waals surface area (Å²) in [5.74, 6) is 0.178. The van der Waals surface area contributed by atoms with Gasteiger partial charge >= 0.3 is 0 Å². The van der Waals surface area contributed by atoms with Crippen molar-refractivity contribution >= 4 is 17.6 Å². The van der Waals surface area contributed by atoms with E-state index in [1.807, 2.05) is 17.5 Å². The number of phenolic OH excluding ortho intramolecular Hbond substituents is 1. The highest BCUT2D eigenvalue weighted by atomic mass is 32.1. The van der Waals surface area contributed by atoms with E-state index >= 15 is 0 Å². The molecule has 94 valence electrons. The van der Waals surface area contributed by atoms with E-state index in [-0.39, 0.29) is 5.75 Å². The molecule has 0 saturated carbocycles. The third-order valence-corrected chi connectivity index (χ3v) is 3.53. The number of aromatic hydroxyl groups is 1. The third-order valence-electron chi connectivity index (χ3n) is 2.66. The van der Waals surface area contributed by atoms with Gasteiger partial charge in [-0.2, -0.15) is 0 Å². The van der Waals surface area contributed by atoms with Gasteiger partial charge in [-0.1, -0.05) is 11.3 Å². The lowest BCUT2D eigenvalue weighted by atomic mass is 10.2. The van der Waals surface area contributed by atoms with Crippen LogP contribution >= 0.6 is 11.3 Å². The van der Waals surface area contributed by atoms with Gasteiger partial charge in [-0.15, -0.1) is 16.4 Å². The number of hydrogen-bond acceptors (Lipinski definition) is 5. The summed E-state index contributed by atoms with van der Waals surface area (Å²) in [6, 6.07) is 10.4. The van der Waals surface area contributed by atoms with Crippen LogP contribution in [0.1, 0.15) is 10.5 Å². The number of rotatable bonds is 3. The quantitative estimate of drug-likeness (QED) is 0.743. The molecule has 0 aliphatic carbocycles. The van der Waals surface area contributed by atoms with Crippen molar-refractivity contribution in [2.45, 2.75) is 0 Å². The van der Waals surface area contributed by atoms with E-state index in [9.17, 15) is 9.90 Å². The molecule has 0 atom stereocenters. The van der Waals surface area contributed by atoms with E-state index in [4.69, 9.17) is 0 Å². The monoisotopic (exact) mass is 271 g/mol. The number of nitrogens with zero attached hydrogens (tertiary/aromatic N) is 3. The molecule has 0 fully saturated rings. The van der Waals surface area contributed by atoms with E-state index in [0.29, 0.717) is 17.7 Å². The summed E-state index contributed by atoms with van der Waals surface area (Å²) in [4.78, 5) is 12.0. The van der Waals surface area contributed by atoms with Crippen LogP contribution in [0.2, 0.25) is 0 Å². The number of hydrogen-bond donors (Lipinski definition) is 1. The molecule has 0 spiro atoms. The first-order chi connectivity index (χ1) is 9.29. The fraction of sp³-hybridized carbons (Fsp3) is 0. The fourth-order valence-corrected chi connectivity index (χ4v) is 2.55. The summed E-state index contributed by atoms with van der Waals surface area (Å²) in [5, 5.41) is 19.1. The van der Waals surface area contributed by atoms with Crippen molar-refractivity contribution in [3.8, 4) is 22.0 Å². The maximum absolute atomic E-state index is 11.1. The predicted octanol–water partition coefficient (Wildman–Crippen LogP) is 2.51. The molecule has 0 radical (unpaired) electrons. The zero-order valence-corrected chi connectivity index (χ0v) is 10.5. The van der Waals surface area contributed by atoms with Crippen molar-refractivity contribution in [3.63, 3.8) is 0 Å². The van der Waals surface area contributed by atoms with Gasteiger partial charge < -0.3 is 5.11 Å². The molecule has 6 heteroatoms. The standard InChI is InChI=1S/C13H9N3O2S/c17-8-11-13(12-2-1-7-19-12)16(15-14-11)9-3-5-10(18)6-4-9/h1-8,18H. The lowest BCUT2D eigenvalue weighted by Crippen LogP contribution is -1.98. The molecule has 0 amide bonds. The number of benzene rings is 1. The van der Waals surface area contributed by atoms with Gasteiger partial charge in [0.05, 0.1) is 10.6 Å². The van der Waals surface area contributed by atoms with Gasteiger partial charge in [0, 0.05) is 0 Å². The number of carbonyl (C=O) groups is 1. The van der Waals surface area contributed by atoms with Crippen molar-refractivity contribution in [2.75, 3.05) is 0 Å². The average molecular weight is 271 g/mol. The van der Waals surface area contributed by atoms with Gasteiger partial charge in [0.15, 0.2) is 12.0 Å². The van der Waals surface area contributed by atoms with Gasteiger partial charge in [0.2, 0.25) is 0 Å². The Morgan fingerprint density at radius 3 is 2.63 bits per heavy atom. The fourth-order valence-electron chi connectivity index (χ4n) is 1.79. The Kier molecular flexibility index (Phi) is 2.85. The Morgan fingerprint density at radius 1 is 1.21 bits per heavy atom. The van der Waals surface area contributed by atoms with Gasteiger partial charge in [0.25, 0.3) is 0 Å². The largest absolute Gasteiger partial charge is 0.508 e. The van der Waals surface area contributed by atoms with Gasteiger partial charge in [0.1, 0.15) is 11.4 Å². The Balaban J connectivity index is 2.19. The van der Waals surface area contributed by atoms with Crippen LogP contribution in [-0.4, -0.2) is 26.4 Å². The van der Waals surface area contributed by atoms with Crippen LogP contribution in [0.5, 0.6) is 5.75 Å². The number of aldehydes is 1. The normalized spacial score (nSPS) is 10.5. The van der Waals surface area contributed by atoms with Gasteiger partial charge in [-0.25, -0.2) is 4.68 Å². The van der Waals surface area contributed by atoms with Gasteiger partial charge in [-0.3, -0.25) is 4.79 Å². The molecule has 2 aromatic heterocycles. The minimum Gasteiger partial charge on any atom is -0.508 e. The van der Waals surface area contributed by atoms with E-state index in [1.165, 1.54) is 11.3 Å². The molecule has 1 N–H and O–H groups in total. The summed E-state index contributed by atoms with van der Waals surface area (Å²) < 4.78 is 1.59. The Hall–Kier alpha value is -2.47. The maximum Gasteiger partial charge on any atom is 0.172 e. The summed E-state index contributed by atoms with van der Waals surface area (Å²) in [5.41, 5.74) is 1.70. The summed E-state index contributed by atoms with van der Waals surface area (Å²) in [6.07, 6.45) is 0.693. The zero-order valence-electron chi connectivity index (χ0n) is 9.72. The molecule has 0 aliphatic rings. The second kappa shape index (κ2) is 4.66. The lowest BCUT2D eigenvalue weighted by Gasteiger charge is -2.05. The highest BCUT2D eigenvalue weighted by molar-refractivity contribution is 7.13. The minimum absolute atomic E-state index is 0.178. The molecule has 3 rings (SSSR count). The predicted molar refractivity (Wildman–Crippen MR) is 71.7 cm³/mol. The van der Waals surface area contributed by atoms with Crippen molar-refractivity contribution in [1.29, 1.82) is 0 Å². The topological polar surface area (TPSA) is 68.0 Å².